The van der Waals surface area contributed by atoms with Crippen molar-refractivity contribution in [2.24, 2.45) is 17.3 Å². The van der Waals surface area contributed by atoms with E-state index in [0.29, 0.717) is 5.92 Å². The van der Waals surface area contributed by atoms with E-state index in [0.717, 1.165) is 38.4 Å². The van der Waals surface area contributed by atoms with E-state index in [2.05, 4.69) is 26.8 Å². The van der Waals surface area contributed by atoms with Crippen LogP contribution in [0.4, 0.5) is 0 Å². The monoisotopic (exact) mass is 237 g/mol. The highest BCUT2D eigenvalue weighted by atomic mass is 16.5. The fourth-order valence-corrected chi connectivity index (χ4v) is 2.81. The predicted octanol–water partition coefficient (Wildman–Crippen LogP) is 4.16. The highest BCUT2D eigenvalue weighted by Crippen LogP contribution is 2.42. The summed E-state index contributed by atoms with van der Waals surface area (Å²) >= 11 is 0. The Hall–Kier alpha value is -0.550. The smallest absolute Gasteiger partial charge is 0.0690 e. The number of ether oxygens (including phenoxy) is 1. The van der Waals surface area contributed by atoms with Gasteiger partial charge in [-0.05, 0) is 31.1 Å². The number of hydrogen-bond donors (Lipinski definition) is 0. The van der Waals surface area contributed by atoms with Crippen molar-refractivity contribution in [1.29, 1.82) is 5.26 Å². The largest absolute Gasteiger partial charge is 0.381 e. The fourth-order valence-electron chi connectivity index (χ4n) is 2.81. The zero-order valence-electron chi connectivity index (χ0n) is 11.7. The van der Waals surface area contributed by atoms with Crippen LogP contribution in [0.15, 0.2) is 0 Å². The van der Waals surface area contributed by atoms with Crippen LogP contribution in [0.2, 0.25) is 0 Å². The summed E-state index contributed by atoms with van der Waals surface area (Å²) in [5, 5.41) is 9.46. The van der Waals surface area contributed by atoms with Gasteiger partial charge in [-0.1, -0.05) is 40.0 Å². The summed E-state index contributed by atoms with van der Waals surface area (Å²) in [5.74, 6) is 1.34. The van der Waals surface area contributed by atoms with E-state index in [1.54, 1.807) is 0 Å². The minimum Gasteiger partial charge on any atom is -0.381 e. The SMILES string of the molecule is CCC1CCCC(C#N)(CCOCC(C)C)C1. The van der Waals surface area contributed by atoms with Crippen molar-refractivity contribution in [3.05, 3.63) is 0 Å². The van der Waals surface area contributed by atoms with Crippen LogP contribution in [0, 0.1) is 28.6 Å². The Morgan fingerprint density at radius 1 is 1.47 bits per heavy atom. The minimum atomic E-state index is -0.0874. The Balaban J connectivity index is 2.38. The molecule has 17 heavy (non-hydrogen) atoms. The molecule has 0 radical (unpaired) electrons. The second kappa shape index (κ2) is 7.01. The number of nitrogens with zero attached hydrogens (tertiary/aromatic N) is 1. The summed E-state index contributed by atoms with van der Waals surface area (Å²) in [7, 11) is 0. The molecule has 0 bridgehead atoms. The Kier molecular flexibility index (Phi) is 5.98. The maximum absolute atomic E-state index is 9.46. The molecule has 1 rings (SSSR count). The molecule has 1 aliphatic rings. The lowest BCUT2D eigenvalue weighted by Gasteiger charge is -2.35. The van der Waals surface area contributed by atoms with Crippen LogP contribution in [0.25, 0.3) is 0 Å². The Bertz CT molecular complexity index is 256. The molecular weight excluding hydrogens is 210 g/mol. The lowest BCUT2D eigenvalue weighted by atomic mass is 9.68. The summed E-state index contributed by atoms with van der Waals surface area (Å²) in [6.07, 6.45) is 6.84. The van der Waals surface area contributed by atoms with Crippen LogP contribution in [0.5, 0.6) is 0 Å². The van der Waals surface area contributed by atoms with Gasteiger partial charge in [-0.2, -0.15) is 5.26 Å². The minimum absolute atomic E-state index is 0.0874. The normalized spacial score (nSPS) is 29.2. The molecule has 0 aromatic heterocycles. The summed E-state index contributed by atoms with van der Waals surface area (Å²) in [6, 6.07) is 2.59. The number of hydrogen-bond acceptors (Lipinski definition) is 2. The van der Waals surface area contributed by atoms with E-state index in [4.69, 9.17) is 4.74 Å². The first-order valence-electron chi connectivity index (χ1n) is 7.11. The van der Waals surface area contributed by atoms with Gasteiger partial charge in [0.2, 0.25) is 0 Å². The highest BCUT2D eigenvalue weighted by Gasteiger charge is 2.35. The molecular formula is C15H27NO. The Labute approximate surface area is 106 Å². The van der Waals surface area contributed by atoms with E-state index < -0.39 is 0 Å². The van der Waals surface area contributed by atoms with Crippen molar-refractivity contribution in [3.63, 3.8) is 0 Å². The van der Waals surface area contributed by atoms with E-state index >= 15 is 0 Å². The van der Waals surface area contributed by atoms with Crippen molar-refractivity contribution >= 4 is 0 Å². The molecule has 2 atom stereocenters. The summed E-state index contributed by atoms with van der Waals surface area (Å²) in [5.41, 5.74) is -0.0874. The standard InChI is InChI=1S/C15H27NO/c1-4-14-6-5-7-15(10-14,12-16)8-9-17-11-13(2)3/h13-14H,4-11H2,1-3H3. The third-order valence-corrected chi connectivity index (χ3v) is 3.94. The summed E-state index contributed by atoms with van der Waals surface area (Å²) in [6.45, 7) is 8.13. The van der Waals surface area contributed by atoms with Crippen molar-refractivity contribution in [2.75, 3.05) is 13.2 Å². The van der Waals surface area contributed by atoms with Gasteiger partial charge < -0.3 is 4.74 Å². The van der Waals surface area contributed by atoms with Gasteiger partial charge in [-0.3, -0.25) is 0 Å². The summed E-state index contributed by atoms with van der Waals surface area (Å²) in [4.78, 5) is 0. The molecule has 1 saturated carbocycles. The molecule has 0 heterocycles. The lowest BCUT2D eigenvalue weighted by molar-refractivity contribution is 0.0708. The molecule has 0 amide bonds. The van der Waals surface area contributed by atoms with Crippen LogP contribution in [-0.4, -0.2) is 13.2 Å². The molecule has 1 fully saturated rings. The quantitative estimate of drug-likeness (QED) is 0.650. The van der Waals surface area contributed by atoms with Crippen molar-refractivity contribution in [3.8, 4) is 6.07 Å². The van der Waals surface area contributed by atoms with Gasteiger partial charge in [0, 0.05) is 13.2 Å². The van der Waals surface area contributed by atoms with Gasteiger partial charge in [-0.15, -0.1) is 0 Å². The van der Waals surface area contributed by atoms with Gasteiger partial charge >= 0.3 is 0 Å². The second-order valence-electron chi connectivity index (χ2n) is 5.98. The molecule has 2 nitrogen and oxygen atoms in total. The van der Waals surface area contributed by atoms with E-state index in [9.17, 15) is 5.26 Å². The van der Waals surface area contributed by atoms with Gasteiger partial charge in [0.25, 0.3) is 0 Å². The third kappa shape index (κ3) is 4.68. The maximum Gasteiger partial charge on any atom is 0.0690 e. The van der Waals surface area contributed by atoms with Gasteiger partial charge in [0.15, 0.2) is 0 Å². The van der Waals surface area contributed by atoms with Gasteiger partial charge in [0.05, 0.1) is 11.5 Å². The zero-order chi connectivity index (χ0) is 12.7. The molecule has 2 heteroatoms. The van der Waals surface area contributed by atoms with Gasteiger partial charge in [-0.25, -0.2) is 0 Å². The molecule has 0 aromatic carbocycles. The second-order valence-corrected chi connectivity index (χ2v) is 5.98. The molecule has 0 spiro atoms. The van der Waals surface area contributed by atoms with Crippen molar-refractivity contribution in [1.82, 2.24) is 0 Å². The number of rotatable bonds is 6. The molecule has 0 N–H and O–H groups in total. The van der Waals surface area contributed by atoms with E-state index in [1.165, 1.54) is 19.3 Å². The van der Waals surface area contributed by atoms with Crippen LogP contribution in [-0.2, 0) is 4.74 Å². The first-order valence-corrected chi connectivity index (χ1v) is 7.11. The number of nitriles is 1. The van der Waals surface area contributed by atoms with Crippen molar-refractivity contribution in [2.45, 2.75) is 59.3 Å². The van der Waals surface area contributed by atoms with Gasteiger partial charge in [0.1, 0.15) is 0 Å². The Morgan fingerprint density at radius 3 is 2.82 bits per heavy atom. The molecule has 98 valence electrons. The van der Waals surface area contributed by atoms with E-state index in [1.807, 2.05) is 0 Å². The lowest BCUT2D eigenvalue weighted by Crippen LogP contribution is -2.28. The molecule has 0 saturated heterocycles. The highest BCUT2D eigenvalue weighted by molar-refractivity contribution is 5.01. The third-order valence-electron chi connectivity index (χ3n) is 3.94. The Morgan fingerprint density at radius 2 is 2.24 bits per heavy atom. The fraction of sp³-hybridized carbons (Fsp3) is 0.933. The van der Waals surface area contributed by atoms with Crippen LogP contribution in [0.3, 0.4) is 0 Å². The summed E-state index contributed by atoms with van der Waals surface area (Å²) < 4.78 is 5.64. The topological polar surface area (TPSA) is 33.0 Å². The first-order chi connectivity index (χ1) is 8.12. The molecule has 2 unspecified atom stereocenters. The average molecular weight is 237 g/mol. The van der Waals surface area contributed by atoms with Crippen LogP contribution >= 0.6 is 0 Å². The van der Waals surface area contributed by atoms with E-state index in [-0.39, 0.29) is 5.41 Å². The zero-order valence-corrected chi connectivity index (χ0v) is 11.7. The van der Waals surface area contributed by atoms with Crippen molar-refractivity contribution < 1.29 is 4.74 Å². The first kappa shape index (κ1) is 14.5. The van der Waals surface area contributed by atoms with Crippen LogP contribution in [0.1, 0.15) is 59.3 Å². The molecule has 1 aliphatic carbocycles. The predicted molar refractivity (Wildman–Crippen MR) is 70.6 cm³/mol. The maximum atomic E-state index is 9.46. The molecule has 0 aliphatic heterocycles. The van der Waals surface area contributed by atoms with Crippen LogP contribution < -0.4 is 0 Å². The average Bonchev–Trinajstić information content (AvgIpc) is 2.35. The molecule has 0 aromatic rings.